The van der Waals surface area contributed by atoms with Gasteiger partial charge in [-0.25, -0.2) is 14.2 Å². The van der Waals surface area contributed by atoms with Crippen LogP contribution in [0, 0.1) is 5.82 Å². The fraction of sp³-hybridized carbons (Fsp3) is 0.433. The zero-order chi connectivity index (χ0) is 26.8. The van der Waals surface area contributed by atoms with E-state index in [1.54, 1.807) is 6.07 Å². The second-order valence-corrected chi connectivity index (χ2v) is 10.4. The fourth-order valence-electron chi connectivity index (χ4n) is 5.33. The molecule has 2 aromatic heterocycles. The maximum Gasteiger partial charge on any atom is 0.350 e. The summed E-state index contributed by atoms with van der Waals surface area (Å²) in [6.07, 6.45) is 3.48. The first-order chi connectivity index (χ1) is 18.4. The van der Waals surface area contributed by atoms with Crippen molar-refractivity contribution in [3.8, 4) is 5.69 Å². The number of fused-ring (bicyclic) bond motifs is 1. The third-order valence-electron chi connectivity index (χ3n) is 7.44. The number of hydrogen-bond acceptors (Lipinski definition) is 5. The molecule has 0 amide bonds. The summed E-state index contributed by atoms with van der Waals surface area (Å²) < 4.78 is 24.1. The van der Waals surface area contributed by atoms with Crippen LogP contribution in [-0.2, 0) is 24.5 Å². The van der Waals surface area contributed by atoms with E-state index in [1.165, 1.54) is 17.1 Å². The summed E-state index contributed by atoms with van der Waals surface area (Å²) in [5.41, 5.74) is 2.45. The first-order valence-corrected chi connectivity index (χ1v) is 13.6. The molecule has 0 aliphatic carbocycles. The van der Waals surface area contributed by atoms with Gasteiger partial charge in [0.25, 0.3) is 0 Å². The number of piperidine rings is 1. The maximum atomic E-state index is 15.6. The number of halogens is 1. The van der Waals surface area contributed by atoms with Crippen LogP contribution in [0.25, 0.3) is 16.6 Å². The Balaban J connectivity index is 1.52. The summed E-state index contributed by atoms with van der Waals surface area (Å²) in [5, 5.41) is 5.34. The zero-order valence-corrected chi connectivity index (χ0v) is 22.7. The second-order valence-electron chi connectivity index (χ2n) is 10.4. The van der Waals surface area contributed by atoms with Crippen molar-refractivity contribution in [2.45, 2.75) is 78.7 Å². The molecule has 7 nitrogen and oxygen atoms in total. The third-order valence-corrected chi connectivity index (χ3v) is 7.44. The molecule has 200 valence electrons. The zero-order valence-electron chi connectivity index (χ0n) is 22.7. The standard InChI is InChI=1S/C30H36FN5O2/c1-5-34-29(19-38-18-22-12-7-6-8-13-22)33-36(30(34)37)27-15-24-23(20(2)3)16-28(32-26(24)17-25(27)31)35-14-10-9-11-21(35)4/h6-8,12-13,15-17,20-21H,5,9-11,14,18-19H2,1-4H3. The molecule has 0 radical (unpaired) electrons. The lowest BCUT2D eigenvalue weighted by Crippen LogP contribution is -2.38. The molecule has 4 aromatic rings. The van der Waals surface area contributed by atoms with Gasteiger partial charge in [-0.15, -0.1) is 5.10 Å². The fourth-order valence-corrected chi connectivity index (χ4v) is 5.33. The van der Waals surface area contributed by atoms with E-state index < -0.39 is 5.82 Å². The van der Waals surface area contributed by atoms with Gasteiger partial charge in [0.15, 0.2) is 11.6 Å². The summed E-state index contributed by atoms with van der Waals surface area (Å²) in [6, 6.07) is 15.5. The predicted molar refractivity (Wildman–Crippen MR) is 148 cm³/mol. The van der Waals surface area contributed by atoms with Gasteiger partial charge >= 0.3 is 5.69 Å². The van der Waals surface area contributed by atoms with E-state index in [0.717, 1.165) is 46.4 Å². The molecule has 0 spiro atoms. The molecule has 2 aromatic carbocycles. The lowest BCUT2D eigenvalue weighted by atomic mass is 9.97. The van der Waals surface area contributed by atoms with Crippen LogP contribution >= 0.6 is 0 Å². The summed E-state index contributed by atoms with van der Waals surface area (Å²) in [6.45, 7) is 10.3. The summed E-state index contributed by atoms with van der Waals surface area (Å²) in [5.74, 6) is 1.03. The van der Waals surface area contributed by atoms with Crippen LogP contribution in [0.1, 0.15) is 69.8 Å². The van der Waals surface area contributed by atoms with Crippen molar-refractivity contribution in [1.82, 2.24) is 19.3 Å². The predicted octanol–water partition coefficient (Wildman–Crippen LogP) is 5.96. The Bertz CT molecular complexity index is 1480. The average molecular weight is 518 g/mol. The van der Waals surface area contributed by atoms with Crippen molar-refractivity contribution in [3.63, 3.8) is 0 Å². The highest BCUT2D eigenvalue weighted by molar-refractivity contribution is 5.87. The molecular weight excluding hydrogens is 481 g/mol. The molecule has 0 saturated carbocycles. The molecule has 1 fully saturated rings. The minimum Gasteiger partial charge on any atom is -0.369 e. The Morgan fingerprint density at radius 2 is 1.89 bits per heavy atom. The number of hydrogen-bond donors (Lipinski definition) is 0. The first kappa shape index (κ1) is 26.1. The van der Waals surface area contributed by atoms with Crippen molar-refractivity contribution in [2.24, 2.45) is 0 Å². The second kappa shape index (κ2) is 11.1. The van der Waals surface area contributed by atoms with Gasteiger partial charge in [-0.05, 0) is 62.3 Å². The minimum atomic E-state index is -0.525. The lowest BCUT2D eigenvalue weighted by Gasteiger charge is -2.35. The van der Waals surface area contributed by atoms with Gasteiger partial charge in [-0.3, -0.25) is 4.57 Å². The largest absolute Gasteiger partial charge is 0.369 e. The van der Waals surface area contributed by atoms with Gasteiger partial charge in [0, 0.05) is 30.6 Å². The molecule has 1 aliphatic rings. The van der Waals surface area contributed by atoms with Crippen LogP contribution in [0.3, 0.4) is 0 Å². The Kier molecular flexibility index (Phi) is 7.61. The molecule has 1 aliphatic heterocycles. The molecule has 0 bridgehead atoms. The molecule has 5 rings (SSSR count). The molecule has 1 saturated heterocycles. The van der Waals surface area contributed by atoms with Crippen molar-refractivity contribution in [2.75, 3.05) is 11.4 Å². The van der Waals surface area contributed by atoms with Gasteiger partial charge in [0.1, 0.15) is 18.1 Å². The van der Waals surface area contributed by atoms with Gasteiger partial charge in [-0.1, -0.05) is 44.2 Å². The van der Waals surface area contributed by atoms with E-state index in [1.807, 2.05) is 37.3 Å². The highest BCUT2D eigenvalue weighted by Gasteiger charge is 2.23. The lowest BCUT2D eigenvalue weighted by molar-refractivity contribution is 0.0989. The normalized spacial score (nSPS) is 16.1. The highest BCUT2D eigenvalue weighted by atomic mass is 19.1. The Hall–Kier alpha value is -3.52. The molecule has 1 unspecified atom stereocenters. The van der Waals surface area contributed by atoms with Crippen LogP contribution in [-0.4, -0.2) is 31.9 Å². The van der Waals surface area contributed by atoms with Gasteiger partial charge in [0.05, 0.1) is 12.1 Å². The van der Waals surface area contributed by atoms with Crippen molar-refractivity contribution in [3.05, 3.63) is 81.8 Å². The van der Waals surface area contributed by atoms with Gasteiger partial charge in [-0.2, -0.15) is 4.68 Å². The number of ether oxygens (including phenoxy) is 1. The van der Waals surface area contributed by atoms with E-state index in [9.17, 15) is 4.79 Å². The van der Waals surface area contributed by atoms with Gasteiger partial charge in [0.2, 0.25) is 0 Å². The molecule has 8 heteroatoms. The Labute approximate surface area is 222 Å². The van der Waals surface area contributed by atoms with E-state index in [-0.39, 0.29) is 23.9 Å². The molecule has 0 N–H and O–H groups in total. The highest BCUT2D eigenvalue weighted by Crippen LogP contribution is 2.33. The van der Waals surface area contributed by atoms with Gasteiger partial charge < -0.3 is 9.64 Å². The number of anilines is 1. The smallest absolute Gasteiger partial charge is 0.350 e. The minimum absolute atomic E-state index is 0.127. The van der Waals surface area contributed by atoms with E-state index in [4.69, 9.17) is 9.72 Å². The van der Waals surface area contributed by atoms with Crippen LogP contribution in [0.2, 0.25) is 0 Å². The molecule has 3 heterocycles. The Morgan fingerprint density at radius 3 is 2.61 bits per heavy atom. The first-order valence-electron chi connectivity index (χ1n) is 13.6. The van der Waals surface area contributed by atoms with E-state index >= 15 is 4.39 Å². The number of nitrogens with zero attached hydrogens (tertiary/aromatic N) is 5. The molecule has 38 heavy (non-hydrogen) atoms. The SMILES string of the molecule is CCn1c(COCc2ccccc2)nn(-c2cc3c(C(C)C)cc(N4CCCCC4C)nc3cc2F)c1=O. The number of pyridine rings is 1. The Morgan fingerprint density at radius 1 is 1.11 bits per heavy atom. The topological polar surface area (TPSA) is 65.2 Å². The van der Waals surface area contributed by atoms with E-state index in [0.29, 0.717) is 30.5 Å². The monoisotopic (exact) mass is 517 g/mol. The summed E-state index contributed by atoms with van der Waals surface area (Å²) in [4.78, 5) is 20.5. The van der Waals surface area contributed by atoms with E-state index in [2.05, 4.69) is 36.8 Å². The van der Waals surface area contributed by atoms with Crippen molar-refractivity contribution in [1.29, 1.82) is 0 Å². The van der Waals surface area contributed by atoms with Crippen LogP contribution in [0.4, 0.5) is 10.2 Å². The third kappa shape index (κ3) is 5.10. The maximum absolute atomic E-state index is 15.6. The van der Waals surface area contributed by atoms with Crippen molar-refractivity contribution < 1.29 is 9.13 Å². The number of benzene rings is 2. The van der Waals surface area contributed by atoms with Crippen LogP contribution in [0.15, 0.2) is 53.3 Å². The number of aromatic nitrogens is 4. The van der Waals surface area contributed by atoms with Crippen LogP contribution in [0.5, 0.6) is 0 Å². The summed E-state index contributed by atoms with van der Waals surface area (Å²) in [7, 11) is 0. The quantitative estimate of drug-likeness (QED) is 0.289. The summed E-state index contributed by atoms with van der Waals surface area (Å²) >= 11 is 0. The van der Waals surface area contributed by atoms with Crippen molar-refractivity contribution >= 4 is 16.7 Å². The van der Waals surface area contributed by atoms with Crippen LogP contribution < -0.4 is 10.6 Å². The molecular formula is C30H36FN5O2. The number of rotatable bonds is 8. The molecule has 1 atom stereocenters. The average Bonchev–Trinajstić information content (AvgIpc) is 3.23.